The van der Waals surface area contributed by atoms with Gasteiger partial charge in [0.2, 0.25) is 0 Å². The number of H-pyrrole nitrogens is 1. The zero-order valence-corrected chi connectivity index (χ0v) is 13.7. The number of aryl methyl sites for hydroxylation is 3. The molecule has 4 nitrogen and oxygen atoms in total. The molecule has 0 aliphatic heterocycles. The van der Waals surface area contributed by atoms with E-state index in [0.717, 1.165) is 52.1 Å². The number of nitrogens with zero attached hydrogens (tertiary/aromatic N) is 3. The fraction of sp³-hybridized carbons (Fsp3) is 0.263. The molecule has 1 N–H and O–H groups in total. The van der Waals surface area contributed by atoms with Gasteiger partial charge in [-0.25, -0.2) is 9.97 Å². The van der Waals surface area contributed by atoms with Crippen molar-refractivity contribution < 1.29 is 0 Å². The second-order valence-electron chi connectivity index (χ2n) is 6.11. The summed E-state index contributed by atoms with van der Waals surface area (Å²) >= 11 is 0. The van der Waals surface area contributed by atoms with Gasteiger partial charge in [0, 0.05) is 19.0 Å². The van der Waals surface area contributed by atoms with Crippen LogP contribution < -0.4 is 0 Å². The maximum atomic E-state index is 4.80. The van der Waals surface area contributed by atoms with Gasteiger partial charge in [0.05, 0.1) is 22.1 Å². The largest absolute Gasteiger partial charge is 0.342 e. The summed E-state index contributed by atoms with van der Waals surface area (Å²) in [5, 5.41) is 0. The number of hydrogen-bond donors (Lipinski definition) is 1. The Hall–Kier alpha value is -2.62. The zero-order chi connectivity index (χ0) is 16.0. The van der Waals surface area contributed by atoms with Gasteiger partial charge in [0.25, 0.3) is 0 Å². The Morgan fingerprint density at radius 1 is 1.13 bits per heavy atom. The van der Waals surface area contributed by atoms with Crippen molar-refractivity contribution in [3.05, 3.63) is 47.8 Å². The lowest BCUT2D eigenvalue weighted by molar-refractivity contribution is 0.861. The molecule has 0 radical (unpaired) electrons. The van der Waals surface area contributed by atoms with E-state index in [2.05, 4.69) is 54.7 Å². The van der Waals surface area contributed by atoms with Crippen molar-refractivity contribution >= 4 is 22.1 Å². The summed E-state index contributed by atoms with van der Waals surface area (Å²) in [5.41, 5.74) is 6.64. The van der Waals surface area contributed by atoms with E-state index in [1.165, 1.54) is 5.56 Å². The van der Waals surface area contributed by atoms with Crippen molar-refractivity contribution in [2.45, 2.75) is 26.7 Å². The lowest BCUT2D eigenvalue weighted by Crippen LogP contribution is -1.93. The average Bonchev–Trinajstić information content (AvgIpc) is 3.10. The highest BCUT2D eigenvalue weighted by molar-refractivity contribution is 5.86. The topological polar surface area (TPSA) is 46.5 Å². The summed E-state index contributed by atoms with van der Waals surface area (Å²) in [6.07, 6.45) is 2.08. The minimum Gasteiger partial charge on any atom is -0.342 e. The molecule has 0 spiro atoms. The van der Waals surface area contributed by atoms with E-state index in [9.17, 15) is 0 Å². The van der Waals surface area contributed by atoms with Gasteiger partial charge in [-0.05, 0) is 43.2 Å². The molecule has 0 aliphatic carbocycles. The van der Waals surface area contributed by atoms with Gasteiger partial charge in [-0.3, -0.25) is 0 Å². The quantitative estimate of drug-likeness (QED) is 0.610. The monoisotopic (exact) mass is 304 g/mol. The first-order valence-corrected chi connectivity index (χ1v) is 8.08. The number of aromatic amines is 1. The molecule has 0 aliphatic rings. The number of nitrogens with one attached hydrogen (secondary N) is 1. The Kier molecular flexibility index (Phi) is 3.18. The summed E-state index contributed by atoms with van der Waals surface area (Å²) in [6.45, 7) is 4.29. The molecule has 2 heterocycles. The minimum absolute atomic E-state index is 0.982. The highest BCUT2D eigenvalue weighted by Gasteiger charge is 2.13. The smallest absolute Gasteiger partial charge is 0.140 e. The predicted octanol–water partition coefficient (Wildman–Crippen LogP) is 4.38. The van der Waals surface area contributed by atoms with Gasteiger partial charge >= 0.3 is 0 Å². The first kappa shape index (κ1) is 14.0. The molecule has 23 heavy (non-hydrogen) atoms. The molecule has 0 saturated heterocycles. The van der Waals surface area contributed by atoms with Crippen LogP contribution in [0.2, 0.25) is 0 Å². The van der Waals surface area contributed by atoms with E-state index in [-0.39, 0.29) is 0 Å². The number of hydrogen-bond acceptors (Lipinski definition) is 2. The van der Waals surface area contributed by atoms with Gasteiger partial charge in [-0.2, -0.15) is 0 Å². The Morgan fingerprint density at radius 2 is 1.96 bits per heavy atom. The van der Waals surface area contributed by atoms with Crippen LogP contribution in [0.3, 0.4) is 0 Å². The molecule has 4 heteroatoms. The third-order valence-corrected chi connectivity index (χ3v) is 4.36. The second-order valence-corrected chi connectivity index (χ2v) is 6.11. The molecule has 4 rings (SSSR count). The molecule has 0 unspecified atom stereocenters. The molecule has 0 fully saturated rings. The number of rotatable bonds is 3. The standard InChI is InChI=1S/C19H20N4/c1-4-7-17-20-15-11-13(10-12(2)18(15)22-17)19-21-14-8-5-6-9-16(14)23(19)3/h5-6,8-11H,4,7H2,1-3H3,(H,20,22). The Bertz CT molecular complexity index is 1010. The van der Waals surface area contributed by atoms with E-state index in [1.807, 2.05) is 12.1 Å². The normalized spacial score (nSPS) is 11.6. The van der Waals surface area contributed by atoms with Crippen molar-refractivity contribution in [3.8, 4) is 11.4 Å². The lowest BCUT2D eigenvalue weighted by Gasteiger charge is -2.04. The number of benzene rings is 2. The van der Waals surface area contributed by atoms with Crippen molar-refractivity contribution in [2.75, 3.05) is 0 Å². The highest BCUT2D eigenvalue weighted by Crippen LogP contribution is 2.28. The van der Waals surface area contributed by atoms with Crippen LogP contribution in [0.1, 0.15) is 24.7 Å². The van der Waals surface area contributed by atoms with E-state index in [1.54, 1.807) is 0 Å². The molecular formula is C19H20N4. The van der Waals surface area contributed by atoms with Crippen LogP contribution in [0.25, 0.3) is 33.5 Å². The lowest BCUT2D eigenvalue weighted by atomic mass is 10.1. The highest BCUT2D eigenvalue weighted by atomic mass is 15.1. The van der Waals surface area contributed by atoms with Crippen molar-refractivity contribution in [1.82, 2.24) is 19.5 Å². The van der Waals surface area contributed by atoms with Crippen molar-refractivity contribution in [1.29, 1.82) is 0 Å². The van der Waals surface area contributed by atoms with E-state index in [0.29, 0.717) is 0 Å². The predicted molar refractivity (Wildman–Crippen MR) is 94.5 cm³/mol. The van der Waals surface area contributed by atoms with Crippen LogP contribution in [0.4, 0.5) is 0 Å². The molecule has 4 aromatic rings. The Balaban J connectivity index is 1.92. The molecule has 0 saturated carbocycles. The van der Waals surface area contributed by atoms with Gasteiger partial charge in [-0.15, -0.1) is 0 Å². The number of imidazole rings is 2. The summed E-state index contributed by atoms with van der Waals surface area (Å²) in [6, 6.07) is 12.6. The second kappa shape index (κ2) is 5.23. The van der Waals surface area contributed by atoms with E-state index >= 15 is 0 Å². The number of fused-ring (bicyclic) bond motifs is 2. The summed E-state index contributed by atoms with van der Waals surface area (Å²) in [5.74, 6) is 2.05. The summed E-state index contributed by atoms with van der Waals surface area (Å²) in [4.78, 5) is 13.0. The number of aromatic nitrogens is 4. The maximum absolute atomic E-state index is 4.80. The van der Waals surface area contributed by atoms with Crippen LogP contribution in [0.15, 0.2) is 36.4 Å². The van der Waals surface area contributed by atoms with Crippen LogP contribution in [-0.4, -0.2) is 19.5 Å². The molecule has 2 aromatic heterocycles. The fourth-order valence-corrected chi connectivity index (χ4v) is 3.23. The van der Waals surface area contributed by atoms with E-state index < -0.39 is 0 Å². The molecule has 0 bridgehead atoms. The first-order valence-electron chi connectivity index (χ1n) is 8.08. The molecule has 0 atom stereocenters. The minimum atomic E-state index is 0.982. The van der Waals surface area contributed by atoms with Crippen molar-refractivity contribution in [3.63, 3.8) is 0 Å². The van der Waals surface area contributed by atoms with Crippen LogP contribution in [-0.2, 0) is 13.5 Å². The third-order valence-electron chi connectivity index (χ3n) is 4.36. The molecule has 0 amide bonds. The molecule has 116 valence electrons. The first-order chi connectivity index (χ1) is 11.2. The van der Waals surface area contributed by atoms with Gasteiger partial charge in [-0.1, -0.05) is 19.1 Å². The fourth-order valence-electron chi connectivity index (χ4n) is 3.23. The zero-order valence-electron chi connectivity index (χ0n) is 13.7. The Labute approximate surface area is 135 Å². The molecule has 2 aromatic carbocycles. The van der Waals surface area contributed by atoms with Gasteiger partial charge in [0.1, 0.15) is 11.6 Å². The van der Waals surface area contributed by atoms with E-state index in [4.69, 9.17) is 9.97 Å². The third kappa shape index (κ3) is 2.22. The van der Waals surface area contributed by atoms with Crippen LogP contribution in [0.5, 0.6) is 0 Å². The summed E-state index contributed by atoms with van der Waals surface area (Å²) < 4.78 is 2.15. The van der Waals surface area contributed by atoms with Gasteiger partial charge in [0.15, 0.2) is 0 Å². The van der Waals surface area contributed by atoms with Gasteiger partial charge < -0.3 is 9.55 Å². The average molecular weight is 304 g/mol. The van der Waals surface area contributed by atoms with Crippen molar-refractivity contribution in [2.24, 2.45) is 7.05 Å². The SMILES string of the molecule is CCCc1nc2c(C)cc(-c3nc4ccccc4n3C)cc2[nH]1. The van der Waals surface area contributed by atoms with Crippen LogP contribution >= 0.6 is 0 Å². The number of para-hydroxylation sites is 2. The Morgan fingerprint density at radius 3 is 2.74 bits per heavy atom. The van der Waals surface area contributed by atoms with Crippen LogP contribution in [0, 0.1) is 6.92 Å². The molecular weight excluding hydrogens is 284 g/mol. The summed E-state index contributed by atoms with van der Waals surface area (Å²) in [7, 11) is 2.07. The maximum Gasteiger partial charge on any atom is 0.140 e.